The molecular weight excluding hydrogens is 320 g/mol. The number of hydrogen-bond acceptors (Lipinski definition) is 5. The Morgan fingerprint density at radius 3 is 2.76 bits per heavy atom. The molecule has 3 rings (SSSR count). The Labute approximate surface area is 146 Å². The van der Waals surface area contributed by atoms with Gasteiger partial charge in [0, 0.05) is 19.5 Å². The Balaban J connectivity index is 1.40. The minimum atomic E-state index is -0.619. The number of nitrogens with two attached hydrogens (primary N) is 1. The van der Waals surface area contributed by atoms with Gasteiger partial charge in [-0.15, -0.1) is 0 Å². The number of nitrogens with zero attached hydrogens (tertiary/aromatic N) is 2. The van der Waals surface area contributed by atoms with Crippen LogP contribution in [0.2, 0.25) is 0 Å². The maximum Gasteiger partial charge on any atom is 0.306 e. The molecule has 25 heavy (non-hydrogen) atoms. The van der Waals surface area contributed by atoms with Crippen LogP contribution in [-0.4, -0.2) is 41.5 Å². The first-order valence-corrected chi connectivity index (χ1v) is 8.75. The number of carbonyl (C=O) groups excluding carboxylic acids is 2. The first-order chi connectivity index (χ1) is 12.1. The Kier molecular flexibility index (Phi) is 5.53. The van der Waals surface area contributed by atoms with Crippen molar-refractivity contribution in [1.82, 2.24) is 9.97 Å². The van der Waals surface area contributed by atoms with Crippen molar-refractivity contribution in [2.24, 2.45) is 11.7 Å². The predicted molar refractivity (Wildman–Crippen MR) is 95.0 cm³/mol. The Hall–Kier alpha value is -2.57. The van der Waals surface area contributed by atoms with Crippen molar-refractivity contribution in [3.63, 3.8) is 0 Å². The number of carbonyl (C=O) groups is 2. The lowest BCUT2D eigenvalue weighted by Crippen LogP contribution is -2.34. The second-order valence-electron chi connectivity index (χ2n) is 6.53. The minimum Gasteiger partial charge on any atom is -0.456 e. The molecule has 2 aromatic rings. The number of fused-ring (bicyclic) bond motifs is 1. The van der Waals surface area contributed by atoms with Crippen LogP contribution in [0.15, 0.2) is 24.3 Å². The summed E-state index contributed by atoms with van der Waals surface area (Å²) in [6.45, 7) is 1.61. The molecule has 1 aliphatic heterocycles. The van der Waals surface area contributed by atoms with Crippen molar-refractivity contribution in [3.8, 4) is 0 Å². The number of aromatic amines is 1. The summed E-state index contributed by atoms with van der Waals surface area (Å²) in [6.07, 6.45) is 4.31. The first-order valence-electron chi connectivity index (χ1n) is 8.75. The number of piperidine rings is 1. The van der Waals surface area contributed by atoms with Crippen LogP contribution < -0.4 is 10.6 Å². The molecule has 0 atom stereocenters. The number of nitrogens with one attached hydrogen (secondary N) is 1. The van der Waals surface area contributed by atoms with Gasteiger partial charge in [0.05, 0.1) is 11.0 Å². The smallest absolute Gasteiger partial charge is 0.306 e. The van der Waals surface area contributed by atoms with Gasteiger partial charge in [-0.2, -0.15) is 0 Å². The van der Waals surface area contributed by atoms with Gasteiger partial charge in [-0.3, -0.25) is 9.59 Å². The number of ether oxygens (including phenoxy) is 1. The quantitative estimate of drug-likeness (QED) is 0.748. The summed E-state index contributed by atoms with van der Waals surface area (Å²) in [4.78, 5) is 32.3. The van der Waals surface area contributed by atoms with Crippen LogP contribution in [0.4, 0.5) is 5.95 Å². The zero-order valence-electron chi connectivity index (χ0n) is 14.2. The van der Waals surface area contributed by atoms with Crippen molar-refractivity contribution in [3.05, 3.63) is 24.3 Å². The van der Waals surface area contributed by atoms with Gasteiger partial charge >= 0.3 is 5.97 Å². The number of esters is 1. The predicted octanol–water partition coefficient (Wildman–Crippen LogP) is 1.98. The Morgan fingerprint density at radius 1 is 1.28 bits per heavy atom. The number of rotatable bonds is 7. The van der Waals surface area contributed by atoms with Crippen LogP contribution in [0.5, 0.6) is 0 Å². The lowest BCUT2D eigenvalue weighted by molar-refractivity contribution is -0.147. The molecule has 0 radical (unpaired) electrons. The molecule has 2 heterocycles. The molecule has 1 saturated heterocycles. The van der Waals surface area contributed by atoms with E-state index in [1.807, 2.05) is 24.3 Å². The van der Waals surface area contributed by atoms with E-state index in [0.29, 0.717) is 12.3 Å². The molecule has 1 fully saturated rings. The highest BCUT2D eigenvalue weighted by Crippen LogP contribution is 2.26. The standard InChI is InChI=1S/C18H24N4O3/c19-16(23)12-25-17(24)7-3-4-13-8-10-22(11-9-13)18-20-14-5-1-2-6-15(14)21-18/h1-2,5-6,13H,3-4,7-12H2,(H2,19,23)(H,20,21). The average Bonchev–Trinajstić information content (AvgIpc) is 3.04. The van der Waals surface area contributed by atoms with E-state index in [1.165, 1.54) is 0 Å². The molecule has 0 unspecified atom stereocenters. The number of amides is 1. The van der Waals surface area contributed by atoms with Crippen molar-refractivity contribution in [1.29, 1.82) is 0 Å². The SMILES string of the molecule is NC(=O)COC(=O)CCCC1CCN(c2nc3ccccc3[nH]2)CC1. The van der Waals surface area contributed by atoms with Gasteiger partial charge in [0.2, 0.25) is 5.95 Å². The van der Waals surface area contributed by atoms with Crippen molar-refractivity contribution < 1.29 is 14.3 Å². The summed E-state index contributed by atoms with van der Waals surface area (Å²) in [7, 11) is 0. The van der Waals surface area contributed by atoms with Gasteiger partial charge in [0.1, 0.15) is 0 Å². The van der Waals surface area contributed by atoms with Crippen LogP contribution in [-0.2, 0) is 14.3 Å². The third-order valence-corrected chi connectivity index (χ3v) is 4.66. The maximum atomic E-state index is 11.5. The van der Waals surface area contributed by atoms with Crippen molar-refractivity contribution in [2.45, 2.75) is 32.1 Å². The van der Waals surface area contributed by atoms with Gasteiger partial charge in [0.25, 0.3) is 5.91 Å². The number of imidazole rings is 1. The third kappa shape index (κ3) is 4.71. The number of hydrogen-bond donors (Lipinski definition) is 2. The van der Waals surface area contributed by atoms with E-state index in [1.54, 1.807) is 0 Å². The van der Waals surface area contributed by atoms with Gasteiger partial charge in [0.15, 0.2) is 6.61 Å². The van der Waals surface area contributed by atoms with Crippen molar-refractivity contribution >= 4 is 28.9 Å². The highest BCUT2D eigenvalue weighted by atomic mass is 16.5. The summed E-state index contributed by atoms with van der Waals surface area (Å²) >= 11 is 0. The van der Waals surface area contributed by atoms with E-state index in [-0.39, 0.29) is 12.6 Å². The first kappa shape index (κ1) is 17.3. The minimum absolute atomic E-state index is 0.325. The molecule has 1 aromatic carbocycles. The normalized spacial score (nSPS) is 15.4. The Bertz CT molecular complexity index is 702. The molecular formula is C18H24N4O3. The van der Waals surface area contributed by atoms with E-state index in [4.69, 9.17) is 10.5 Å². The monoisotopic (exact) mass is 344 g/mol. The highest BCUT2D eigenvalue weighted by molar-refractivity contribution is 5.79. The molecule has 7 heteroatoms. The molecule has 3 N–H and O–H groups in total. The third-order valence-electron chi connectivity index (χ3n) is 4.66. The maximum absolute atomic E-state index is 11.5. The Morgan fingerprint density at radius 2 is 2.04 bits per heavy atom. The van der Waals surface area contributed by atoms with Crippen LogP contribution in [0.1, 0.15) is 32.1 Å². The average molecular weight is 344 g/mol. The van der Waals surface area contributed by atoms with Crippen LogP contribution in [0.25, 0.3) is 11.0 Å². The largest absolute Gasteiger partial charge is 0.456 e. The molecule has 1 amide bonds. The van der Waals surface area contributed by atoms with Gasteiger partial charge in [-0.25, -0.2) is 4.98 Å². The summed E-state index contributed by atoms with van der Waals surface area (Å²) in [5.74, 6) is 0.587. The fourth-order valence-electron chi connectivity index (χ4n) is 3.28. The molecule has 1 aromatic heterocycles. The molecule has 134 valence electrons. The number of benzene rings is 1. The molecule has 0 spiro atoms. The zero-order valence-corrected chi connectivity index (χ0v) is 14.2. The fourth-order valence-corrected chi connectivity index (χ4v) is 3.28. The summed E-state index contributed by atoms with van der Waals surface area (Å²) in [5, 5.41) is 0. The summed E-state index contributed by atoms with van der Waals surface area (Å²) < 4.78 is 4.76. The second kappa shape index (κ2) is 8.00. The van der Waals surface area contributed by atoms with E-state index < -0.39 is 5.91 Å². The lowest BCUT2D eigenvalue weighted by Gasteiger charge is -2.31. The number of anilines is 1. The molecule has 0 aliphatic carbocycles. The van der Waals surface area contributed by atoms with Gasteiger partial charge < -0.3 is 20.4 Å². The number of para-hydroxylation sites is 2. The number of H-pyrrole nitrogens is 1. The van der Waals surface area contributed by atoms with Crippen LogP contribution >= 0.6 is 0 Å². The topological polar surface area (TPSA) is 101 Å². The van der Waals surface area contributed by atoms with Crippen LogP contribution in [0.3, 0.4) is 0 Å². The summed E-state index contributed by atoms with van der Waals surface area (Å²) in [5.41, 5.74) is 7.00. The van der Waals surface area contributed by atoms with Crippen molar-refractivity contribution in [2.75, 3.05) is 24.6 Å². The highest BCUT2D eigenvalue weighted by Gasteiger charge is 2.21. The van der Waals surface area contributed by atoms with E-state index in [0.717, 1.165) is 55.8 Å². The zero-order chi connectivity index (χ0) is 17.6. The van der Waals surface area contributed by atoms with E-state index in [2.05, 4.69) is 14.9 Å². The molecule has 7 nitrogen and oxygen atoms in total. The van der Waals surface area contributed by atoms with Gasteiger partial charge in [-0.1, -0.05) is 12.1 Å². The van der Waals surface area contributed by atoms with E-state index in [9.17, 15) is 9.59 Å². The second-order valence-corrected chi connectivity index (χ2v) is 6.53. The molecule has 0 bridgehead atoms. The number of aromatic nitrogens is 2. The lowest BCUT2D eigenvalue weighted by atomic mass is 9.92. The fraction of sp³-hybridized carbons (Fsp3) is 0.500. The summed E-state index contributed by atoms with van der Waals surface area (Å²) in [6, 6.07) is 8.05. The van der Waals surface area contributed by atoms with Gasteiger partial charge in [-0.05, 0) is 43.7 Å². The molecule has 1 aliphatic rings. The van der Waals surface area contributed by atoms with E-state index >= 15 is 0 Å². The molecule has 0 saturated carbocycles. The van der Waals surface area contributed by atoms with Crippen LogP contribution in [0, 0.1) is 5.92 Å². The number of primary amides is 1.